The van der Waals surface area contributed by atoms with Crippen molar-refractivity contribution in [1.29, 1.82) is 0 Å². The molecule has 1 aromatic carbocycles. The Morgan fingerprint density at radius 1 is 1.39 bits per heavy atom. The maximum atomic E-state index is 6.03. The first-order valence-electron chi connectivity index (χ1n) is 7.26. The van der Waals surface area contributed by atoms with Crippen LogP contribution in [-0.4, -0.2) is 24.5 Å². The van der Waals surface area contributed by atoms with E-state index >= 15 is 0 Å². The average molecular weight is 246 g/mol. The molecule has 0 aliphatic carbocycles. The van der Waals surface area contributed by atoms with Gasteiger partial charge >= 0.3 is 0 Å². The number of likely N-dealkylation sites (tertiary alicyclic amines) is 1. The molecule has 2 atom stereocenters. The first-order valence-corrected chi connectivity index (χ1v) is 7.26. The molecule has 1 aliphatic rings. The molecule has 1 aliphatic heterocycles. The molecule has 1 heterocycles. The van der Waals surface area contributed by atoms with Crippen LogP contribution in [0.5, 0.6) is 0 Å². The molecule has 2 rings (SSSR count). The average Bonchev–Trinajstić information content (AvgIpc) is 2.82. The van der Waals surface area contributed by atoms with Gasteiger partial charge in [0.1, 0.15) is 0 Å². The van der Waals surface area contributed by atoms with E-state index in [1.165, 1.54) is 43.5 Å². The Bertz CT molecular complexity index is 375. The summed E-state index contributed by atoms with van der Waals surface area (Å²) >= 11 is 0. The molecular weight excluding hydrogens is 220 g/mol. The zero-order chi connectivity index (χ0) is 13.0. The van der Waals surface area contributed by atoms with Crippen molar-refractivity contribution in [3.8, 4) is 0 Å². The zero-order valence-corrected chi connectivity index (χ0v) is 11.7. The van der Waals surface area contributed by atoms with Crippen molar-refractivity contribution in [3.05, 3.63) is 35.4 Å². The Hall–Kier alpha value is -0.860. The van der Waals surface area contributed by atoms with Gasteiger partial charge in [-0.1, -0.05) is 37.6 Å². The van der Waals surface area contributed by atoms with Crippen LogP contribution in [0.25, 0.3) is 0 Å². The predicted octanol–water partition coefficient (Wildman–Crippen LogP) is 3.12. The summed E-state index contributed by atoms with van der Waals surface area (Å²) in [6.07, 6.45) is 4.01. The summed E-state index contributed by atoms with van der Waals surface area (Å²) in [5.74, 6) is 0.882. The van der Waals surface area contributed by atoms with Gasteiger partial charge in [0, 0.05) is 19.1 Å². The molecule has 1 fully saturated rings. The lowest BCUT2D eigenvalue weighted by atomic mass is 10.00. The number of rotatable bonds is 5. The Morgan fingerprint density at radius 3 is 2.83 bits per heavy atom. The largest absolute Gasteiger partial charge is 0.329 e. The van der Waals surface area contributed by atoms with Gasteiger partial charge in [0.2, 0.25) is 0 Å². The fourth-order valence-corrected chi connectivity index (χ4v) is 3.22. The molecule has 2 nitrogen and oxygen atoms in total. The first-order chi connectivity index (χ1) is 8.76. The van der Waals surface area contributed by atoms with Gasteiger partial charge in [-0.3, -0.25) is 4.90 Å². The molecule has 18 heavy (non-hydrogen) atoms. The number of hydrogen-bond acceptors (Lipinski definition) is 2. The van der Waals surface area contributed by atoms with Crippen molar-refractivity contribution in [1.82, 2.24) is 4.90 Å². The number of nitrogens with two attached hydrogens (primary N) is 1. The second-order valence-corrected chi connectivity index (χ2v) is 5.55. The Morgan fingerprint density at radius 2 is 2.17 bits per heavy atom. The van der Waals surface area contributed by atoms with Gasteiger partial charge in [-0.05, 0) is 43.4 Å². The molecule has 0 radical (unpaired) electrons. The molecule has 0 amide bonds. The summed E-state index contributed by atoms with van der Waals surface area (Å²) in [6.45, 7) is 7.64. The minimum Gasteiger partial charge on any atom is -0.329 e. The maximum absolute atomic E-state index is 6.03. The predicted molar refractivity (Wildman–Crippen MR) is 77.6 cm³/mol. The molecule has 2 unspecified atom stereocenters. The highest BCUT2D eigenvalue weighted by Crippen LogP contribution is 2.30. The van der Waals surface area contributed by atoms with Crippen molar-refractivity contribution < 1.29 is 0 Å². The summed E-state index contributed by atoms with van der Waals surface area (Å²) in [5.41, 5.74) is 8.81. The standard InChI is InChI=1S/C16H26N2/c1-3-6-14-9-10-18(12-14)16(11-17)15-8-5-4-7-13(15)2/h4-5,7-8,14,16H,3,6,9-12,17H2,1-2H3. The van der Waals surface area contributed by atoms with Crippen molar-refractivity contribution >= 4 is 0 Å². The number of aryl methyl sites for hydroxylation is 1. The highest BCUT2D eigenvalue weighted by molar-refractivity contribution is 5.29. The van der Waals surface area contributed by atoms with Crippen LogP contribution in [0, 0.1) is 12.8 Å². The number of nitrogens with zero attached hydrogens (tertiary/aromatic N) is 1. The van der Waals surface area contributed by atoms with Gasteiger partial charge in [-0.15, -0.1) is 0 Å². The van der Waals surface area contributed by atoms with Gasteiger partial charge < -0.3 is 5.73 Å². The fourth-order valence-electron chi connectivity index (χ4n) is 3.22. The van der Waals surface area contributed by atoms with Gasteiger partial charge in [0.25, 0.3) is 0 Å². The first kappa shape index (κ1) is 13.6. The van der Waals surface area contributed by atoms with Crippen LogP contribution >= 0.6 is 0 Å². The van der Waals surface area contributed by atoms with Gasteiger partial charge in [-0.25, -0.2) is 0 Å². The third kappa shape index (κ3) is 2.93. The summed E-state index contributed by atoms with van der Waals surface area (Å²) in [6, 6.07) is 9.08. The van der Waals surface area contributed by atoms with Crippen LogP contribution in [0.1, 0.15) is 43.4 Å². The van der Waals surface area contributed by atoms with Crippen molar-refractivity contribution in [3.63, 3.8) is 0 Å². The highest BCUT2D eigenvalue weighted by atomic mass is 15.2. The lowest BCUT2D eigenvalue weighted by molar-refractivity contribution is 0.239. The van der Waals surface area contributed by atoms with Crippen LogP contribution in [0.2, 0.25) is 0 Å². The van der Waals surface area contributed by atoms with E-state index in [2.05, 4.69) is 43.0 Å². The molecule has 2 heteroatoms. The second kappa shape index (κ2) is 6.35. The molecule has 1 aromatic rings. The van der Waals surface area contributed by atoms with Crippen molar-refractivity contribution in [2.24, 2.45) is 11.7 Å². The summed E-state index contributed by atoms with van der Waals surface area (Å²) < 4.78 is 0. The second-order valence-electron chi connectivity index (χ2n) is 5.55. The van der Waals surface area contributed by atoms with Gasteiger partial charge in [0.15, 0.2) is 0 Å². The minimum atomic E-state index is 0.410. The third-order valence-corrected chi connectivity index (χ3v) is 4.23. The topological polar surface area (TPSA) is 29.3 Å². The molecule has 1 saturated heterocycles. The zero-order valence-electron chi connectivity index (χ0n) is 11.7. The van der Waals surface area contributed by atoms with E-state index in [9.17, 15) is 0 Å². The summed E-state index contributed by atoms with van der Waals surface area (Å²) in [7, 11) is 0. The van der Waals surface area contributed by atoms with Crippen LogP contribution < -0.4 is 5.73 Å². The SMILES string of the molecule is CCCC1CCN(C(CN)c2ccccc2C)C1. The lowest BCUT2D eigenvalue weighted by Gasteiger charge is -2.28. The van der Waals surface area contributed by atoms with Crippen LogP contribution in [0.15, 0.2) is 24.3 Å². The monoisotopic (exact) mass is 246 g/mol. The Kier molecular flexibility index (Phi) is 4.79. The molecule has 2 N–H and O–H groups in total. The molecule has 0 spiro atoms. The smallest absolute Gasteiger partial charge is 0.0473 e. The Labute approximate surface area is 111 Å². The molecule has 100 valence electrons. The minimum absolute atomic E-state index is 0.410. The number of hydrogen-bond donors (Lipinski definition) is 1. The quantitative estimate of drug-likeness (QED) is 0.865. The van der Waals surface area contributed by atoms with E-state index < -0.39 is 0 Å². The normalized spacial score (nSPS) is 22.3. The van der Waals surface area contributed by atoms with Gasteiger partial charge in [-0.2, -0.15) is 0 Å². The lowest BCUT2D eigenvalue weighted by Crippen LogP contribution is -2.32. The molecular formula is C16H26N2. The van der Waals surface area contributed by atoms with Crippen molar-refractivity contribution in [2.75, 3.05) is 19.6 Å². The molecule has 0 bridgehead atoms. The van der Waals surface area contributed by atoms with Gasteiger partial charge in [0.05, 0.1) is 0 Å². The van der Waals surface area contributed by atoms with E-state index in [-0.39, 0.29) is 0 Å². The van der Waals surface area contributed by atoms with Crippen molar-refractivity contribution in [2.45, 2.75) is 39.2 Å². The molecule has 0 saturated carbocycles. The van der Waals surface area contributed by atoms with E-state index in [1.54, 1.807) is 0 Å². The Balaban J connectivity index is 2.08. The third-order valence-electron chi connectivity index (χ3n) is 4.23. The van der Waals surface area contributed by atoms with E-state index in [4.69, 9.17) is 5.73 Å². The van der Waals surface area contributed by atoms with Crippen LogP contribution in [-0.2, 0) is 0 Å². The van der Waals surface area contributed by atoms with E-state index in [1.807, 2.05) is 0 Å². The fraction of sp³-hybridized carbons (Fsp3) is 0.625. The van der Waals surface area contributed by atoms with Crippen LogP contribution in [0.3, 0.4) is 0 Å². The van der Waals surface area contributed by atoms with Crippen LogP contribution in [0.4, 0.5) is 0 Å². The maximum Gasteiger partial charge on any atom is 0.0473 e. The summed E-state index contributed by atoms with van der Waals surface area (Å²) in [5, 5.41) is 0. The molecule has 0 aromatic heterocycles. The number of benzene rings is 1. The van der Waals surface area contributed by atoms with E-state index in [0.717, 1.165) is 12.5 Å². The highest BCUT2D eigenvalue weighted by Gasteiger charge is 2.28. The summed E-state index contributed by atoms with van der Waals surface area (Å²) in [4.78, 5) is 2.59. The van der Waals surface area contributed by atoms with E-state index in [0.29, 0.717) is 6.04 Å².